The van der Waals surface area contributed by atoms with Crippen molar-refractivity contribution in [2.24, 2.45) is 16.7 Å². The van der Waals surface area contributed by atoms with Crippen molar-refractivity contribution in [3.05, 3.63) is 58.9 Å². The van der Waals surface area contributed by atoms with E-state index in [0.29, 0.717) is 6.42 Å². The number of nitrogens with one attached hydrogen (secondary N) is 1. The number of nitro groups is 1. The van der Waals surface area contributed by atoms with Crippen LogP contribution in [0.4, 0.5) is 17.1 Å². The Bertz CT molecular complexity index is 1150. The highest BCUT2D eigenvalue weighted by Gasteiger charge is 2.80. The lowest BCUT2D eigenvalue weighted by Gasteiger charge is -2.50. The van der Waals surface area contributed by atoms with Gasteiger partial charge in [0.2, 0.25) is 0 Å². The molecule has 0 saturated heterocycles. The Kier molecular flexibility index (Phi) is 4.61. The number of rotatable bonds is 5. The van der Waals surface area contributed by atoms with Crippen molar-refractivity contribution in [3.63, 3.8) is 0 Å². The summed E-state index contributed by atoms with van der Waals surface area (Å²) in [5, 5.41) is 14.3. The monoisotopic (exact) mass is 446 g/mol. The SMILES string of the molecule is CC1(C)C2CCC1(C)C(Nc1cc([N+](=O)[O-])ccc1N)(S(=O)(=O)[O-])C2[n+]1ccccc1. The number of nitro benzene ring substituents is 1. The molecular formula is C21H26N4O5S. The van der Waals surface area contributed by atoms with Crippen molar-refractivity contribution >= 4 is 27.2 Å². The lowest BCUT2D eigenvalue weighted by atomic mass is 9.68. The maximum absolute atomic E-state index is 13.2. The molecule has 166 valence electrons. The third-order valence-corrected chi connectivity index (χ3v) is 9.53. The predicted octanol–water partition coefficient (Wildman–Crippen LogP) is 2.82. The molecule has 2 saturated carbocycles. The van der Waals surface area contributed by atoms with Gasteiger partial charge in [0, 0.05) is 35.6 Å². The lowest BCUT2D eigenvalue weighted by molar-refractivity contribution is -0.733. The zero-order valence-corrected chi connectivity index (χ0v) is 18.4. The number of aromatic nitrogens is 1. The summed E-state index contributed by atoms with van der Waals surface area (Å²) in [7, 11) is -4.98. The Morgan fingerprint density at radius 2 is 1.84 bits per heavy atom. The molecule has 2 aliphatic rings. The second-order valence-electron chi connectivity index (χ2n) is 9.31. The quantitative estimate of drug-likeness (QED) is 0.236. The molecule has 2 aromatic rings. The predicted molar refractivity (Wildman–Crippen MR) is 114 cm³/mol. The molecule has 0 amide bonds. The van der Waals surface area contributed by atoms with Crippen molar-refractivity contribution in [2.75, 3.05) is 11.1 Å². The van der Waals surface area contributed by atoms with E-state index in [4.69, 9.17) is 5.73 Å². The van der Waals surface area contributed by atoms with Crippen molar-refractivity contribution in [2.45, 2.75) is 44.5 Å². The van der Waals surface area contributed by atoms with E-state index >= 15 is 0 Å². The maximum atomic E-state index is 13.2. The van der Waals surface area contributed by atoms with E-state index in [-0.39, 0.29) is 23.0 Å². The van der Waals surface area contributed by atoms with Crippen LogP contribution in [-0.4, -0.2) is 22.8 Å². The second kappa shape index (κ2) is 6.64. The summed E-state index contributed by atoms with van der Waals surface area (Å²) in [6.07, 6.45) is 4.80. The van der Waals surface area contributed by atoms with E-state index in [2.05, 4.69) is 5.32 Å². The molecule has 4 atom stereocenters. The van der Waals surface area contributed by atoms with Crippen molar-refractivity contribution in [1.29, 1.82) is 0 Å². The Hall–Kier alpha value is -2.72. The normalized spacial score (nSPS) is 31.5. The van der Waals surface area contributed by atoms with Crippen LogP contribution in [0.15, 0.2) is 48.8 Å². The van der Waals surface area contributed by atoms with Crippen LogP contribution in [-0.2, 0) is 10.1 Å². The van der Waals surface area contributed by atoms with Gasteiger partial charge in [-0.25, -0.2) is 8.42 Å². The second-order valence-corrected chi connectivity index (χ2v) is 10.9. The van der Waals surface area contributed by atoms with Gasteiger partial charge >= 0.3 is 0 Å². The van der Waals surface area contributed by atoms with Crippen LogP contribution in [0.3, 0.4) is 0 Å². The average Bonchev–Trinajstić information content (AvgIpc) is 3.01. The number of hydrogen-bond donors (Lipinski definition) is 2. The van der Waals surface area contributed by atoms with E-state index in [0.717, 1.165) is 6.42 Å². The zero-order chi connectivity index (χ0) is 22.8. The van der Waals surface area contributed by atoms with Gasteiger partial charge in [-0.1, -0.05) is 26.8 Å². The minimum absolute atomic E-state index is 0.0692. The minimum atomic E-state index is -4.98. The molecule has 4 unspecified atom stereocenters. The Labute approximate surface area is 181 Å². The number of fused-ring (bicyclic) bond motifs is 2. The molecule has 2 aliphatic carbocycles. The van der Waals surface area contributed by atoms with Crippen LogP contribution >= 0.6 is 0 Å². The molecular weight excluding hydrogens is 420 g/mol. The van der Waals surface area contributed by atoms with Crippen LogP contribution in [0.5, 0.6) is 0 Å². The molecule has 2 bridgehead atoms. The summed E-state index contributed by atoms with van der Waals surface area (Å²) in [6, 6.07) is 8.44. The fourth-order valence-corrected chi connectivity index (χ4v) is 7.78. The number of hydrogen-bond acceptors (Lipinski definition) is 7. The first kappa shape index (κ1) is 21.5. The van der Waals surface area contributed by atoms with Crippen LogP contribution in [0.2, 0.25) is 0 Å². The molecule has 2 fully saturated rings. The number of non-ortho nitro benzene ring substituents is 1. The molecule has 1 heterocycles. The fourth-order valence-electron chi connectivity index (χ4n) is 6.04. The lowest BCUT2D eigenvalue weighted by Crippen LogP contribution is -2.67. The smallest absolute Gasteiger partial charge is 0.271 e. The first-order chi connectivity index (χ1) is 14.4. The first-order valence-corrected chi connectivity index (χ1v) is 11.5. The third kappa shape index (κ3) is 2.71. The van der Waals surface area contributed by atoms with Gasteiger partial charge in [0.15, 0.2) is 23.3 Å². The largest absolute Gasteiger partial charge is 0.746 e. The summed E-state index contributed by atoms with van der Waals surface area (Å²) in [6.45, 7) is 5.81. The van der Waals surface area contributed by atoms with Gasteiger partial charge in [0.1, 0.15) is 10.1 Å². The highest BCUT2D eigenvalue weighted by molar-refractivity contribution is 7.87. The van der Waals surface area contributed by atoms with Gasteiger partial charge in [-0.3, -0.25) is 10.1 Å². The summed E-state index contributed by atoms with van der Waals surface area (Å²) in [5.41, 5.74) is 4.59. The van der Waals surface area contributed by atoms with Crippen LogP contribution in [0.25, 0.3) is 0 Å². The molecule has 10 heteroatoms. The molecule has 0 spiro atoms. The minimum Gasteiger partial charge on any atom is -0.746 e. The highest BCUT2D eigenvalue weighted by Crippen LogP contribution is 2.74. The first-order valence-electron chi connectivity index (χ1n) is 10.1. The summed E-state index contributed by atoms with van der Waals surface area (Å²) < 4.78 is 41.2. The number of anilines is 2. The van der Waals surface area contributed by atoms with E-state index in [1.165, 1.54) is 18.2 Å². The molecule has 0 aliphatic heterocycles. The number of nitrogens with two attached hydrogens (primary N) is 1. The van der Waals surface area contributed by atoms with Crippen LogP contribution in [0.1, 0.15) is 39.7 Å². The molecule has 1 aromatic carbocycles. The molecule has 3 N–H and O–H groups in total. The molecule has 4 rings (SSSR count). The van der Waals surface area contributed by atoms with Gasteiger partial charge in [-0.05, 0) is 24.3 Å². The highest BCUT2D eigenvalue weighted by atomic mass is 32.2. The van der Waals surface area contributed by atoms with Gasteiger partial charge in [0.25, 0.3) is 5.69 Å². The Balaban J connectivity index is 2.01. The number of benzene rings is 1. The van der Waals surface area contributed by atoms with Crippen LogP contribution < -0.4 is 15.6 Å². The van der Waals surface area contributed by atoms with Gasteiger partial charge < -0.3 is 15.6 Å². The van der Waals surface area contributed by atoms with E-state index in [1.54, 1.807) is 29.1 Å². The molecule has 9 nitrogen and oxygen atoms in total. The van der Waals surface area contributed by atoms with Crippen molar-refractivity contribution < 1.29 is 22.5 Å². The number of pyridine rings is 1. The summed E-state index contributed by atoms with van der Waals surface area (Å²) in [5.74, 6) is -0.110. The van der Waals surface area contributed by atoms with Crippen LogP contribution in [0, 0.1) is 26.9 Å². The topological polar surface area (TPSA) is 142 Å². The summed E-state index contributed by atoms with van der Waals surface area (Å²) >= 11 is 0. The van der Waals surface area contributed by atoms with Crippen molar-refractivity contribution in [3.8, 4) is 0 Å². The molecule has 0 radical (unpaired) electrons. The average molecular weight is 447 g/mol. The van der Waals surface area contributed by atoms with E-state index in [9.17, 15) is 23.1 Å². The maximum Gasteiger partial charge on any atom is 0.271 e. The molecule has 31 heavy (non-hydrogen) atoms. The van der Waals surface area contributed by atoms with E-state index in [1.807, 2.05) is 26.8 Å². The number of nitrogens with zero attached hydrogens (tertiary/aromatic N) is 2. The summed E-state index contributed by atoms with van der Waals surface area (Å²) in [4.78, 5) is 8.77. The van der Waals surface area contributed by atoms with Gasteiger partial charge in [-0.2, -0.15) is 4.57 Å². The van der Waals surface area contributed by atoms with E-state index < -0.39 is 36.8 Å². The zero-order valence-electron chi connectivity index (χ0n) is 17.6. The molecule has 1 aromatic heterocycles. The third-order valence-electron chi connectivity index (χ3n) is 7.94. The van der Waals surface area contributed by atoms with Gasteiger partial charge in [0.05, 0.1) is 16.3 Å². The standard InChI is InChI=1S/C21H26N4O5S/c1-19(2)15-9-10-20(19,3)21(31(28,29)30,18(15)24-11-5-4-6-12-24)23-17-13-14(25(26)27)7-8-16(17)22/h4-8,11-13,15,18,23H,9-10,22H2,1-3H3. The Morgan fingerprint density at radius 1 is 1.19 bits per heavy atom. The number of nitrogen functional groups attached to an aromatic ring is 1. The Morgan fingerprint density at radius 3 is 2.42 bits per heavy atom. The fraction of sp³-hybridized carbons (Fsp3) is 0.476. The van der Waals surface area contributed by atoms with Crippen molar-refractivity contribution in [1.82, 2.24) is 0 Å². The van der Waals surface area contributed by atoms with Gasteiger partial charge in [-0.15, -0.1) is 0 Å².